The van der Waals surface area contributed by atoms with Crippen LogP contribution in [0.25, 0.3) is 0 Å². The van der Waals surface area contributed by atoms with Gasteiger partial charge in [-0.3, -0.25) is 5.10 Å². The van der Waals surface area contributed by atoms with Gasteiger partial charge in [0.1, 0.15) is 12.2 Å². The van der Waals surface area contributed by atoms with Gasteiger partial charge in [-0.05, 0) is 12.8 Å². The minimum Gasteiger partial charge on any atom is -0.262 e. The number of nitrogens with zero attached hydrogens (tertiary/aromatic N) is 2. The monoisotopic (exact) mass is 266 g/mol. The van der Waals surface area contributed by atoms with E-state index in [-0.39, 0.29) is 11.7 Å². The molecule has 1 heterocycles. The van der Waals surface area contributed by atoms with Crippen molar-refractivity contribution in [3.63, 3.8) is 0 Å². The third-order valence-corrected chi connectivity index (χ3v) is 4.21. The Labute approximate surface area is 99.9 Å². The second-order valence-electron chi connectivity index (χ2n) is 3.75. The van der Waals surface area contributed by atoms with Gasteiger partial charge in [-0.2, -0.15) is 5.10 Å². The van der Waals surface area contributed by atoms with E-state index < -0.39 is 16.1 Å². The van der Waals surface area contributed by atoms with Crippen molar-refractivity contribution in [3.8, 4) is 0 Å². The zero-order valence-corrected chi connectivity index (χ0v) is 10.7. The lowest BCUT2D eigenvalue weighted by Gasteiger charge is -2.13. The van der Waals surface area contributed by atoms with Gasteiger partial charge in [0.25, 0.3) is 0 Å². The lowest BCUT2D eigenvalue weighted by atomic mass is 10.3. The first-order chi connectivity index (χ1) is 7.44. The first-order valence-corrected chi connectivity index (χ1v) is 7.04. The molecule has 0 amide bonds. The number of aromatic amines is 1. The summed E-state index contributed by atoms with van der Waals surface area (Å²) in [5.41, 5.74) is 0. The summed E-state index contributed by atoms with van der Waals surface area (Å²) in [4.78, 5) is 3.88. The molecule has 0 saturated heterocycles. The topological polar surface area (TPSA) is 87.7 Å². The Kier molecular flexibility index (Phi) is 4.69. The maximum absolute atomic E-state index is 11.7. The van der Waals surface area contributed by atoms with E-state index in [1.54, 1.807) is 13.8 Å². The molecule has 1 aromatic rings. The average Bonchev–Trinajstić information content (AvgIpc) is 2.68. The van der Waals surface area contributed by atoms with Crippen LogP contribution in [0.5, 0.6) is 0 Å². The first-order valence-electron chi connectivity index (χ1n) is 4.86. The van der Waals surface area contributed by atoms with Crippen molar-refractivity contribution in [2.45, 2.75) is 19.9 Å². The van der Waals surface area contributed by atoms with E-state index in [0.717, 1.165) is 0 Å². The normalized spacial score (nSPS) is 15.9. The van der Waals surface area contributed by atoms with Crippen molar-refractivity contribution in [1.29, 1.82) is 0 Å². The van der Waals surface area contributed by atoms with Gasteiger partial charge in [0.05, 0.1) is 11.8 Å². The number of hydrogen-bond acceptors (Lipinski definition) is 4. The van der Waals surface area contributed by atoms with Crippen LogP contribution < -0.4 is 4.72 Å². The average molecular weight is 267 g/mol. The Balaban J connectivity index is 2.59. The van der Waals surface area contributed by atoms with Crippen LogP contribution >= 0.6 is 11.6 Å². The molecule has 2 N–H and O–H groups in total. The number of hydrogen-bond donors (Lipinski definition) is 2. The molecule has 1 rings (SSSR count). The van der Waals surface area contributed by atoms with Gasteiger partial charge in [0.2, 0.25) is 10.0 Å². The first kappa shape index (κ1) is 13.4. The standard InChI is InChI=1S/C8H15ClN4O2S/c1-6(3-9)4-16(14,15)13-7(2)8-10-5-11-12-8/h5-7,13H,3-4H2,1-2H3,(H,10,11,12). The molecule has 0 aliphatic carbocycles. The summed E-state index contributed by atoms with van der Waals surface area (Å²) in [7, 11) is -3.34. The van der Waals surface area contributed by atoms with Gasteiger partial charge in [-0.25, -0.2) is 18.1 Å². The highest BCUT2D eigenvalue weighted by atomic mass is 35.5. The highest BCUT2D eigenvalue weighted by Crippen LogP contribution is 2.09. The molecule has 0 fully saturated rings. The maximum Gasteiger partial charge on any atom is 0.212 e. The Morgan fingerprint density at radius 2 is 2.25 bits per heavy atom. The Bertz CT molecular complexity index is 406. The van der Waals surface area contributed by atoms with E-state index in [0.29, 0.717) is 11.7 Å². The molecular formula is C8H15ClN4O2S. The fourth-order valence-corrected chi connectivity index (χ4v) is 3.07. The third kappa shape index (κ3) is 4.07. The van der Waals surface area contributed by atoms with E-state index in [9.17, 15) is 8.42 Å². The number of aromatic nitrogens is 3. The van der Waals surface area contributed by atoms with Crippen LogP contribution in [-0.2, 0) is 10.0 Å². The molecule has 8 heteroatoms. The summed E-state index contributed by atoms with van der Waals surface area (Å²) in [6.07, 6.45) is 1.33. The second kappa shape index (κ2) is 5.60. The smallest absolute Gasteiger partial charge is 0.212 e. The molecule has 0 radical (unpaired) electrons. The molecule has 0 saturated carbocycles. The molecule has 16 heavy (non-hydrogen) atoms. The van der Waals surface area contributed by atoms with E-state index >= 15 is 0 Å². The summed E-state index contributed by atoms with van der Waals surface area (Å²) in [5, 5.41) is 6.27. The lowest BCUT2D eigenvalue weighted by Crippen LogP contribution is -2.32. The van der Waals surface area contributed by atoms with Crippen molar-refractivity contribution in [1.82, 2.24) is 19.9 Å². The van der Waals surface area contributed by atoms with Crippen molar-refractivity contribution >= 4 is 21.6 Å². The number of rotatable bonds is 6. The van der Waals surface area contributed by atoms with E-state index in [2.05, 4.69) is 19.9 Å². The van der Waals surface area contributed by atoms with Gasteiger partial charge in [0, 0.05) is 5.88 Å². The zero-order valence-electron chi connectivity index (χ0n) is 9.14. The summed E-state index contributed by atoms with van der Waals surface area (Å²) in [6.45, 7) is 3.48. The molecule has 0 aromatic carbocycles. The Morgan fingerprint density at radius 3 is 2.75 bits per heavy atom. The van der Waals surface area contributed by atoms with Crippen LogP contribution in [0.1, 0.15) is 25.7 Å². The maximum atomic E-state index is 11.7. The van der Waals surface area contributed by atoms with Crippen LogP contribution in [0, 0.1) is 5.92 Å². The van der Waals surface area contributed by atoms with Crippen molar-refractivity contribution in [2.24, 2.45) is 5.92 Å². The number of sulfonamides is 1. The predicted octanol–water partition coefficient (Wildman–Crippen LogP) is 0.660. The lowest BCUT2D eigenvalue weighted by molar-refractivity contribution is 0.549. The minimum absolute atomic E-state index is 0.00891. The van der Waals surface area contributed by atoms with Crippen molar-refractivity contribution in [2.75, 3.05) is 11.6 Å². The number of H-pyrrole nitrogens is 1. The van der Waals surface area contributed by atoms with Gasteiger partial charge in [-0.1, -0.05) is 6.92 Å². The summed E-state index contributed by atoms with van der Waals surface area (Å²) in [6, 6.07) is -0.421. The Morgan fingerprint density at radius 1 is 1.56 bits per heavy atom. The fraction of sp³-hybridized carbons (Fsp3) is 0.750. The van der Waals surface area contributed by atoms with Crippen molar-refractivity contribution < 1.29 is 8.42 Å². The zero-order chi connectivity index (χ0) is 12.2. The number of alkyl halides is 1. The third-order valence-electron chi connectivity index (χ3n) is 1.97. The minimum atomic E-state index is -3.34. The molecular weight excluding hydrogens is 252 g/mol. The SMILES string of the molecule is CC(CCl)CS(=O)(=O)NC(C)c1ncn[nH]1. The quantitative estimate of drug-likeness (QED) is 0.741. The van der Waals surface area contributed by atoms with Crippen LogP contribution in [0.4, 0.5) is 0 Å². The van der Waals surface area contributed by atoms with E-state index in [4.69, 9.17) is 11.6 Å². The van der Waals surface area contributed by atoms with E-state index in [1.807, 2.05) is 0 Å². The molecule has 92 valence electrons. The summed E-state index contributed by atoms with van der Waals surface area (Å²) in [5.74, 6) is 0.732. The van der Waals surface area contributed by atoms with Crippen molar-refractivity contribution in [3.05, 3.63) is 12.2 Å². The van der Waals surface area contributed by atoms with Gasteiger partial charge >= 0.3 is 0 Å². The number of nitrogens with one attached hydrogen (secondary N) is 2. The van der Waals surface area contributed by atoms with E-state index in [1.165, 1.54) is 6.33 Å². The summed E-state index contributed by atoms with van der Waals surface area (Å²) < 4.78 is 25.9. The fourth-order valence-electron chi connectivity index (χ4n) is 1.22. The molecule has 0 aliphatic rings. The predicted molar refractivity (Wildman–Crippen MR) is 61.6 cm³/mol. The van der Waals surface area contributed by atoms with Crippen LogP contribution in [0.2, 0.25) is 0 Å². The molecule has 0 spiro atoms. The molecule has 2 atom stereocenters. The molecule has 2 unspecified atom stereocenters. The molecule has 0 aliphatic heterocycles. The van der Waals surface area contributed by atoms with Gasteiger partial charge < -0.3 is 0 Å². The highest BCUT2D eigenvalue weighted by Gasteiger charge is 2.19. The molecule has 0 bridgehead atoms. The largest absolute Gasteiger partial charge is 0.262 e. The number of halogens is 1. The second-order valence-corrected chi connectivity index (χ2v) is 5.86. The summed E-state index contributed by atoms with van der Waals surface area (Å²) >= 11 is 5.57. The van der Waals surface area contributed by atoms with Crippen LogP contribution in [-0.4, -0.2) is 35.2 Å². The van der Waals surface area contributed by atoms with Gasteiger partial charge in [-0.15, -0.1) is 11.6 Å². The highest BCUT2D eigenvalue weighted by molar-refractivity contribution is 7.89. The van der Waals surface area contributed by atoms with Crippen LogP contribution in [0.3, 0.4) is 0 Å². The molecule has 6 nitrogen and oxygen atoms in total. The molecule has 1 aromatic heterocycles. The van der Waals surface area contributed by atoms with Gasteiger partial charge in [0.15, 0.2) is 0 Å². The Hall–Kier alpha value is -0.660. The van der Waals surface area contributed by atoms with Crippen LogP contribution in [0.15, 0.2) is 6.33 Å².